The molecule has 1 aliphatic heterocycles. The molecule has 8 heteroatoms. The van der Waals surface area contributed by atoms with Crippen LogP contribution in [-0.4, -0.2) is 59.1 Å². The van der Waals surface area contributed by atoms with E-state index in [4.69, 9.17) is 4.74 Å². The molecule has 0 aromatic heterocycles. The van der Waals surface area contributed by atoms with Gasteiger partial charge in [0.2, 0.25) is 5.91 Å². The van der Waals surface area contributed by atoms with Crippen LogP contribution in [0.5, 0.6) is 5.75 Å². The molecule has 208 valence electrons. The number of hydrogen-bond acceptors (Lipinski definition) is 5. The van der Waals surface area contributed by atoms with Crippen molar-refractivity contribution in [2.45, 2.75) is 50.0 Å². The average Bonchev–Trinajstić information content (AvgIpc) is 3.31. The summed E-state index contributed by atoms with van der Waals surface area (Å²) in [5, 5.41) is 2.88. The van der Waals surface area contributed by atoms with Crippen LogP contribution in [0.25, 0.3) is 0 Å². The van der Waals surface area contributed by atoms with Crippen molar-refractivity contribution in [1.29, 1.82) is 0 Å². The topological polar surface area (TPSA) is 79.0 Å². The molecule has 0 saturated heterocycles. The number of nitrogens with one attached hydrogen (secondary N) is 1. The number of benzene rings is 3. The minimum absolute atomic E-state index is 0.0961. The van der Waals surface area contributed by atoms with Crippen LogP contribution < -0.4 is 14.4 Å². The van der Waals surface area contributed by atoms with Gasteiger partial charge in [0, 0.05) is 13.0 Å². The van der Waals surface area contributed by atoms with Crippen molar-refractivity contribution < 1.29 is 17.9 Å². The fourth-order valence-electron chi connectivity index (χ4n) is 4.66. The first-order valence-electron chi connectivity index (χ1n) is 13.3. The van der Waals surface area contributed by atoms with Crippen LogP contribution in [-0.2, 0) is 33.1 Å². The number of para-hydroxylation sites is 1. The van der Waals surface area contributed by atoms with Gasteiger partial charge in [0.05, 0.1) is 17.1 Å². The highest BCUT2D eigenvalue weighted by Crippen LogP contribution is 2.37. The summed E-state index contributed by atoms with van der Waals surface area (Å²) in [6, 6.07) is 21.3. The first-order valence-corrected chi connectivity index (χ1v) is 14.8. The van der Waals surface area contributed by atoms with E-state index < -0.39 is 16.1 Å². The minimum Gasteiger partial charge on any atom is -0.492 e. The molecule has 0 radical (unpaired) electrons. The van der Waals surface area contributed by atoms with Crippen molar-refractivity contribution in [3.63, 3.8) is 0 Å². The third-order valence-corrected chi connectivity index (χ3v) is 8.78. The first kappa shape index (κ1) is 28.6. The number of likely N-dealkylation sites (N-methyl/N-ethyl adjacent to an activating group) is 1. The molecule has 7 nitrogen and oxygen atoms in total. The number of anilines is 1. The Morgan fingerprint density at radius 3 is 2.31 bits per heavy atom. The van der Waals surface area contributed by atoms with Gasteiger partial charge in [0.15, 0.2) is 0 Å². The monoisotopic (exact) mass is 549 g/mol. The molecule has 3 aromatic carbocycles. The summed E-state index contributed by atoms with van der Waals surface area (Å²) in [6.07, 6.45) is 1.28. The summed E-state index contributed by atoms with van der Waals surface area (Å²) < 4.78 is 34.7. The van der Waals surface area contributed by atoms with Crippen LogP contribution in [0.2, 0.25) is 0 Å². The molecule has 1 N–H and O–H groups in total. The first-order chi connectivity index (χ1) is 18.5. The number of nitrogens with zero attached hydrogens (tertiary/aromatic N) is 2. The van der Waals surface area contributed by atoms with E-state index in [1.54, 1.807) is 24.3 Å². The second-order valence-corrected chi connectivity index (χ2v) is 13.1. The Bertz CT molecular complexity index is 1380. The molecule has 0 aliphatic carbocycles. The summed E-state index contributed by atoms with van der Waals surface area (Å²) in [5.41, 5.74) is 3.56. The lowest BCUT2D eigenvalue weighted by atomic mass is 9.87. The number of rotatable bonds is 10. The Hall–Kier alpha value is -3.36. The van der Waals surface area contributed by atoms with Crippen molar-refractivity contribution in [3.8, 4) is 5.75 Å². The molecule has 39 heavy (non-hydrogen) atoms. The highest BCUT2D eigenvalue weighted by atomic mass is 32.2. The van der Waals surface area contributed by atoms with Gasteiger partial charge in [-0.05, 0) is 73.0 Å². The van der Waals surface area contributed by atoms with Crippen molar-refractivity contribution in [3.05, 3.63) is 89.5 Å². The molecule has 0 bridgehead atoms. The quantitative estimate of drug-likeness (QED) is 0.379. The highest BCUT2D eigenvalue weighted by Gasteiger charge is 2.42. The van der Waals surface area contributed by atoms with E-state index in [2.05, 4.69) is 45.1 Å². The Morgan fingerprint density at radius 2 is 1.67 bits per heavy atom. The minimum atomic E-state index is -3.96. The molecule has 0 unspecified atom stereocenters. The fourth-order valence-corrected chi connectivity index (χ4v) is 6.31. The predicted octanol–water partition coefficient (Wildman–Crippen LogP) is 4.40. The summed E-state index contributed by atoms with van der Waals surface area (Å²) >= 11 is 0. The zero-order chi connectivity index (χ0) is 28.2. The standard InChI is InChI=1S/C31H39N3O4S/c1-31(2,3)25-12-16-27(17-13-25)39(36,37)34-28-9-7-6-8-24(28)22-29(34)30(35)32-19-21-38-26-14-10-23(11-15-26)18-20-33(4)5/h6-17,29H,18-22H2,1-5H3,(H,32,35)/t29-/m0/s1. The number of amides is 1. The Balaban J connectivity index is 1.42. The van der Waals surface area contributed by atoms with Gasteiger partial charge in [0.1, 0.15) is 18.4 Å². The van der Waals surface area contributed by atoms with E-state index in [0.717, 1.165) is 29.8 Å². The van der Waals surface area contributed by atoms with E-state index in [1.807, 2.05) is 48.5 Å². The molecule has 1 amide bonds. The van der Waals surface area contributed by atoms with Crippen molar-refractivity contribution in [2.24, 2.45) is 0 Å². The van der Waals surface area contributed by atoms with Gasteiger partial charge < -0.3 is 15.0 Å². The average molecular weight is 550 g/mol. The molecule has 1 heterocycles. The van der Waals surface area contributed by atoms with Crippen LogP contribution in [0.4, 0.5) is 5.69 Å². The Labute approximate surface area is 232 Å². The van der Waals surface area contributed by atoms with E-state index in [1.165, 1.54) is 9.87 Å². The number of fused-ring (bicyclic) bond motifs is 1. The summed E-state index contributed by atoms with van der Waals surface area (Å²) in [6.45, 7) is 7.77. The zero-order valence-corrected chi connectivity index (χ0v) is 24.3. The van der Waals surface area contributed by atoms with Gasteiger partial charge in [-0.2, -0.15) is 0 Å². The van der Waals surface area contributed by atoms with Crippen molar-refractivity contribution in [2.75, 3.05) is 38.1 Å². The van der Waals surface area contributed by atoms with Gasteiger partial charge in [0.25, 0.3) is 10.0 Å². The third-order valence-electron chi connectivity index (χ3n) is 6.95. The molecule has 0 fully saturated rings. The lowest BCUT2D eigenvalue weighted by molar-refractivity contribution is -0.122. The van der Waals surface area contributed by atoms with E-state index >= 15 is 0 Å². The van der Waals surface area contributed by atoms with Crippen molar-refractivity contribution >= 4 is 21.6 Å². The normalized spacial score (nSPS) is 15.3. The van der Waals surface area contributed by atoms with Gasteiger partial charge >= 0.3 is 0 Å². The lowest BCUT2D eigenvalue weighted by Crippen LogP contribution is -2.48. The maximum atomic E-state index is 13.8. The van der Waals surface area contributed by atoms with Crippen LogP contribution >= 0.6 is 0 Å². The summed E-state index contributed by atoms with van der Waals surface area (Å²) in [5.74, 6) is 0.387. The maximum Gasteiger partial charge on any atom is 0.265 e. The van der Waals surface area contributed by atoms with Crippen LogP contribution in [0.1, 0.15) is 37.5 Å². The predicted molar refractivity (Wildman–Crippen MR) is 156 cm³/mol. The summed E-state index contributed by atoms with van der Waals surface area (Å²) in [4.78, 5) is 15.6. The van der Waals surface area contributed by atoms with Crippen LogP contribution in [0, 0.1) is 0 Å². The number of hydrogen-bond donors (Lipinski definition) is 1. The van der Waals surface area contributed by atoms with E-state index in [9.17, 15) is 13.2 Å². The molecule has 0 spiro atoms. The molecule has 3 aromatic rings. The number of sulfonamides is 1. The smallest absolute Gasteiger partial charge is 0.265 e. The largest absolute Gasteiger partial charge is 0.492 e. The van der Waals surface area contributed by atoms with E-state index in [-0.39, 0.29) is 29.4 Å². The number of ether oxygens (including phenoxy) is 1. The second kappa shape index (κ2) is 11.8. The maximum absolute atomic E-state index is 13.8. The van der Waals surface area contributed by atoms with Gasteiger partial charge in [-0.25, -0.2) is 8.42 Å². The summed E-state index contributed by atoms with van der Waals surface area (Å²) in [7, 11) is 0.143. The van der Waals surface area contributed by atoms with Gasteiger partial charge in [-0.15, -0.1) is 0 Å². The van der Waals surface area contributed by atoms with Gasteiger partial charge in [-0.3, -0.25) is 9.10 Å². The molecule has 4 rings (SSSR count). The third kappa shape index (κ3) is 6.81. The Morgan fingerprint density at radius 1 is 1.00 bits per heavy atom. The molecule has 1 atom stereocenters. The fraction of sp³-hybridized carbons (Fsp3) is 0.387. The number of carbonyl (C=O) groups excluding carboxylic acids is 1. The van der Waals surface area contributed by atoms with Crippen LogP contribution in [0.3, 0.4) is 0 Å². The molecule has 1 aliphatic rings. The lowest BCUT2D eigenvalue weighted by Gasteiger charge is -2.27. The zero-order valence-electron chi connectivity index (χ0n) is 23.5. The number of carbonyl (C=O) groups is 1. The van der Waals surface area contributed by atoms with Crippen molar-refractivity contribution in [1.82, 2.24) is 10.2 Å². The van der Waals surface area contributed by atoms with Gasteiger partial charge in [-0.1, -0.05) is 63.2 Å². The molecular weight excluding hydrogens is 510 g/mol. The Kier molecular flexibility index (Phi) is 8.67. The SMILES string of the molecule is CN(C)CCc1ccc(OCCNC(=O)[C@@H]2Cc3ccccc3N2S(=O)(=O)c2ccc(C(C)(C)C)cc2)cc1. The molecular formula is C31H39N3O4S. The second-order valence-electron chi connectivity index (χ2n) is 11.3. The molecule has 0 saturated carbocycles. The van der Waals surface area contributed by atoms with Crippen LogP contribution in [0.15, 0.2) is 77.7 Å². The highest BCUT2D eigenvalue weighted by molar-refractivity contribution is 7.93. The van der Waals surface area contributed by atoms with E-state index in [0.29, 0.717) is 12.1 Å².